The van der Waals surface area contributed by atoms with E-state index in [1.165, 1.54) is 13.0 Å². The van der Waals surface area contributed by atoms with Gasteiger partial charge in [-0.25, -0.2) is 9.97 Å². The van der Waals surface area contributed by atoms with E-state index in [2.05, 4.69) is 26.8 Å². The van der Waals surface area contributed by atoms with Gasteiger partial charge in [0, 0.05) is 43.8 Å². The Hall–Kier alpha value is -4.08. The lowest BCUT2D eigenvalue weighted by Crippen LogP contribution is -2.48. The molecule has 1 N–H and O–H groups in total. The van der Waals surface area contributed by atoms with Gasteiger partial charge in [-0.3, -0.25) is 19.0 Å². The number of aromatic nitrogens is 4. The number of rotatable bonds is 6. The Kier molecular flexibility index (Phi) is 6.73. The minimum Gasteiger partial charge on any atom is -0.367 e. The number of piperazine rings is 1. The molecule has 1 aliphatic carbocycles. The molecule has 1 saturated carbocycles. The third kappa shape index (κ3) is 4.71. The molecule has 0 bridgehead atoms. The Morgan fingerprint density at radius 3 is 2.43 bits per heavy atom. The summed E-state index contributed by atoms with van der Waals surface area (Å²) in [6, 6.07) is 3.85. The zero-order valence-electron chi connectivity index (χ0n) is 21.2. The standard InChI is InChI=1S/C27H31N7O3/c1-4-23(36)33-13-11-32(12-14-33)20-9-10-22(28-15-20)30-27-29-16-21-17(2)24(18(3)35)26(37)34(25(21)31-27)19-7-5-6-8-19/h4,9-10,15-16,19H,1,5-8,11-14H2,2-3H3,(H,28,29,30,31). The maximum atomic E-state index is 13.4. The van der Waals surface area contributed by atoms with Crippen LogP contribution in [-0.4, -0.2) is 62.3 Å². The van der Waals surface area contributed by atoms with Crippen LogP contribution in [0, 0.1) is 6.92 Å². The lowest BCUT2D eigenvalue weighted by atomic mass is 10.0. The van der Waals surface area contributed by atoms with E-state index >= 15 is 0 Å². The van der Waals surface area contributed by atoms with Crippen molar-refractivity contribution in [2.75, 3.05) is 36.4 Å². The van der Waals surface area contributed by atoms with Crippen LogP contribution in [0.2, 0.25) is 0 Å². The van der Waals surface area contributed by atoms with E-state index in [0.29, 0.717) is 41.5 Å². The largest absolute Gasteiger partial charge is 0.367 e. The average Bonchev–Trinajstić information content (AvgIpc) is 3.43. The van der Waals surface area contributed by atoms with E-state index in [-0.39, 0.29) is 28.9 Å². The van der Waals surface area contributed by atoms with Gasteiger partial charge in [0.15, 0.2) is 5.78 Å². The molecule has 2 fully saturated rings. The Morgan fingerprint density at radius 2 is 1.81 bits per heavy atom. The third-order valence-corrected chi connectivity index (χ3v) is 7.37. The van der Waals surface area contributed by atoms with E-state index in [1.807, 2.05) is 12.1 Å². The normalized spacial score (nSPS) is 16.3. The summed E-state index contributed by atoms with van der Waals surface area (Å²) in [6.45, 7) is 9.50. The molecular formula is C27H31N7O3. The molecular weight excluding hydrogens is 470 g/mol. The van der Waals surface area contributed by atoms with Gasteiger partial charge in [-0.15, -0.1) is 0 Å². The Labute approximate surface area is 215 Å². The fourth-order valence-electron chi connectivity index (χ4n) is 5.38. The van der Waals surface area contributed by atoms with Gasteiger partial charge in [0.05, 0.1) is 17.4 Å². The highest BCUT2D eigenvalue weighted by molar-refractivity contribution is 5.99. The lowest BCUT2D eigenvalue weighted by molar-refractivity contribution is -0.126. The molecule has 0 unspecified atom stereocenters. The smallest absolute Gasteiger partial charge is 0.263 e. The molecule has 3 aromatic heterocycles. The van der Waals surface area contributed by atoms with Crippen LogP contribution < -0.4 is 15.8 Å². The molecule has 1 aliphatic heterocycles. The summed E-state index contributed by atoms with van der Waals surface area (Å²) in [5.41, 5.74) is 2.08. The number of aryl methyl sites for hydroxylation is 1. The molecule has 0 aromatic carbocycles. The maximum Gasteiger partial charge on any atom is 0.263 e. The van der Waals surface area contributed by atoms with Gasteiger partial charge < -0.3 is 15.1 Å². The first-order chi connectivity index (χ1) is 17.9. The molecule has 0 atom stereocenters. The molecule has 10 heteroatoms. The monoisotopic (exact) mass is 501 g/mol. The van der Waals surface area contributed by atoms with E-state index in [1.54, 1.807) is 28.8 Å². The molecule has 4 heterocycles. The molecule has 0 radical (unpaired) electrons. The van der Waals surface area contributed by atoms with Crippen molar-refractivity contribution in [3.63, 3.8) is 0 Å². The van der Waals surface area contributed by atoms with Crippen LogP contribution in [0.5, 0.6) is 0 Å². The molecule has 0 spiro atoms. The SMILES string of the molecule is C=CC(=O)N1CCN(c2ccc(Nc3ncc4c(C)c(C(C)=O)c(=O)n(C5CCCC5)c4n3)nc2)CC1. The molecule has 10 nitrogen and oxygen atoms in total. The fraction of sp³-hybridized carbons (Fsp3) is 0.407. The Bertz CT molecular complexity index is 1420. The average molecular weight is 502 g/mol. The summed E-state index contributed by atoms with van der Waals surface area (Å²) in [5.74, 6) is 0.635. The zero-order valence-corrected chi connectivity index (χ0v) is 21.2. The highest BCUT2D eigenvalue weighted by Gasteiger charge is 2.26. The molecule has 1 saturated heterocycles. The number of carbonyl (C=O) groups is 2. The van der Waals surface area contributed by atoms with E-state index in [4.69, 9.17) is 4.98 Å². The quantitative estimate of drug-likeness (QED) is 0.404. The van der Waals surface area contributed by atoms with Crippen LogP contribution in [0.15, 0.2) is 42.0 Å². The van der Waals surface area contributed by atoms with Crippen molar-refractivity contribution in [2.24, 2.45) is 0 Å². The van der Waals surface area contributed by atoms with Crippen LogP contribution >= 0.6 is 0 Å². The zero-order chi connectivity index (χ0) is 26.1. The minimum atomic E-state index is -0.272. The van der Waals surface area contributed by atoms with Crippen molar-refractivity contribution in [1.29, 1.82) is 0 Å². The summed E-state index contributed by atoms with van der Waals surface area (Å²) in [7, 11) is 0. The number of Topliss-reactive ketones (excluding diaryl/α,β-unsaturated/α-hetero) is 1. The summed E-state index contributed by atoms with van der Waals surface area (Å²) in [6.07, 6.45) is 8.69. The van der Waals surface area contributed by atoms with Crippen LogP contribution in [0.4, 0.5) is 17.5 Å². The van der Waals surface area contributed by atoms with Crippen LogP contribution in [0.1, 0.15) is 54.6 Å². The maximum absolute atomic E-state index is 13.4. The second-order valence-corrected chi connectivity index (χ2v) is 9.64. The second kappa shape index (κ2) is 10.1. The number of hydrogen-bond acceptors (Lipinski definition) is 8. The van der Waals surface area contributed by atoms with Crippen molar-refractivity contribution in [1.82, 2.24) is 24.4 Å². The van der Waals surface area contributed by atoms with Crippen molar-refractivity contribution >= 4 is 40.2 Å². The number of fused-ring (bicyclic) bond motifs is 1. The van der Waals surface area contributed by atoms with Crippen LogP contribution in [-0.2, 0) is 4.79 Å². The molecule has 37 heavy (non-hydrogen) atoms. The summed E-state index contributed by atoms with van der Waals surface area (Å²) in [5, 5.41) is 3.86. The number of amides is 1. The first-order valence-corrected chi connectivity index (χ1v) is 12.7. The second-order valence-electron chi connectivity index (χ2n) is 9.64. The Morgan fingerprint density at radius 1 is 1.08 bits per heavy atom. The third-order valence-electron chi connectivity index (χ3n) is 7.37. The first-order valence-electron chi connectivity index (χ1n) is 12.7. The molecule has 3 aromatic rings. The van der Waals surface area contributed by atoms with Crippen molar-refractivity contribution in [2.45, 2.75) is 45.6 Å². The van der Waals surface area contributed by atoms with Crippen LogP contribution in [0.3, 0.4) is 0 Å². The summed E-state index contributed by atoms with van der Waals surface area (Å²) in [4.78, 5) is 55.2. The minimum absolute atomic E-state index is 0.0242. The topological polar surface area (TPSA) is 113 Å². The fourth-order valence-corrected chi connectivity index (χ4v) is 5.38. The van der Waals surface area contributed by atoms with E-state index in [9.17, 15) is 14.4 Å². The summed E-state index contributed by atoms with van der Waals surface area (Å²) >= 11 is 0. The van der Waals surface area contributed by atoms with Gasteiger partial charge in [0.1, 0.15) is 11.5 Å². The Balaban J connectivity index is 1.40. The van der Waals surface area contributed by atoms with E-state index < -0.39 is 0 Å². The van der Waals surface area contributed by atoms with Crippen LogP contribution in [0.25, 0.3) is 11.0 Å². The molecule has 5 rings (SSSR count). The molecule has 192 valence electrons. The number of hydrogen-bond donors (Lipinski definition) is 1. The first kappa shape index (κ1) is 24.6. The van der Waals surface area contributed by atoms with Crippen molar-refractivity contribution < 1.29 is 9.59 Å². The molecule has 1 amide bonds. The number of anilines is 3. The van der Waals surface area contributed by atoms with Gasteiger partial charge in [-0.2, -0.15) is 4.98 Å². The van der Waals surface area contributed by atoms with E-state index in [0.717, 1.165) is 44.5 Å². The predicted molar refractivity (Wildman–Crippen MR) is 143 cm³/mol. The summed E-state index contributed by atoms with van der Waals surface area (Å²) < 4.78 is 1.70. The highest BCUT2D eigenvalue weighted by Crippen LogP contribution is 2.32. The number of ketones is 1. The predicted octanol–water partition coefficient (Wildman–Crippen LogP) is 3.39. The van der Waals surface area contributed by atoms with Gasteiger partial charge >= 0.3 is 0 Å². The van der Waals surface area contributed by atoms with Crippen molar-refractivity contribution in [3.8, 4) is 0 Å². The van der Waals surface area contributed by atoms with Gasteiger partial charge in [-0.05, 0) is 50.5 Å². The number of nitrogens with one attached hydrogen (secondary N) is 1. The van der Waals surface area contributed by atoms with Gasteiger partial charge in [0.2, 0.25) is 11.9 Å². The van der Waals surface area contributed by atoms with Gasteiger partial charge in [0.25, 0.3) is 5.56 Å². The number of pyridine rings is 2. The number of nitrogens with zero attached hydrogens (tertiary/aromatic N) is 6. The molecule has 2 aliphatic rings. The number of carbonyl (C=O) groups excluding carboxylic acids is 2. The highest BCUT2D eigenvalue weighted by atomic mass is 16.2. The van der Waals surface area contributed by atoms with Gasteiger partial charge in [-0.1, -0.05) is 19.4 Å². The van der Waals surface area contributed by atoms with Crippen molar-refractivity contribution in [3.05, 3.63) is 58.7 Å². The lowest BCUT2D eigenvalue weighted by Gasteiger charge is -2.35.